The number of alkyl halides is 3. The maximum Gasteiger partial charge on any atom is 0.573 e. The Morgan fingerprint density at radius 2 is 2.00 bits per heavy atom. The van der Waals surface area contributed by atoms with Crippen molar-refractivity contribution in [2.24, 2.45) is 0 Å². The smallest absolute Gasteiger partial charge is 0.405 e. The molecule has 2 rings (SSSR count). The first kappa shape index (κ1) is 10.7. The van der Waals surface area contributed by atoms with Gasteiger partial charge in [0.25, 0.3) is 0 Å². The van der Waals surface area contributed by atoms with E-state index in [2.05, 4.69) is 9.72 Å². The number of pyridine rings is 1. The number of rotatable bonds is 1. The molecule has 0 N–H and O–H groups in total. The highest BCUT2D eigenvalue weighted by atomic mass is 19.4. The third-order valence-corrected chi connectivity index (χ3v) is 2.09. The molecule has 0 amide bonds. The zero-order chi connectivity index (χ0) is 11.8. The Bertz CT molecular complexity index is 522. The van der Waals surface area contributed by atoms with Crippen molar-refractivity contribution in [2.75, 3.05) is 0 Å². The summed E-state index contributed by atoms with van der Waals surface area (Å²) in [5.41, 5.74) is 0.747. The van der Waals surface area contributed by atoms with Crippen LogP contribution in [0.4, 0.5) is 13.2 Å². The fourth-order valence-corrected chi connectivity index (χ4v) is 1.47. The molecule has 0 bridgehead atoms. The molecule has 0 atom stereocenters. The van der Waals surface area contributed by atoms with Crippen molar-refractivity contribution in [1.29, 1.82) is 0 Å². The first-order chi connectivity index (χ1) is 7.46. The molecule has 0 radical (unpaired) electrons. The third kappa shape index (κ3) is 2.24. The van der Waals surface area contributed by atoms with Crippen molar-refractivity contribution < 1.29 is 17.9 Å². The molecule has 0 spiro atoms. The topological polar surface area (TPSA) is 22.1 Å². The van der Waals surface area contributed by atoms with Gasteiger partial charge in [-0.1, -0.05) is 12.1 Å². The predicted molar refractivity (Wildman–Crippen MR) is 53.2 cm³/mol. The number of hydrogen-bond acceptors (Lipinski definition) is 2. The van der Waals surface area contributed by atoms with Gasteiger partial charge in [0.05, 0.1) is 0 Å². The molecule has 1 aromatic heterocycles. The molecule has 1 heterocycles. The van der Waals surface area contributed by atoms with Crippen LogP contribution in [0.1, 0.15) is 5.69 Å². The standard InChI is InChI=1S/C11H8F3NO/c1-7-5-8-3-2-4-10(9(8)6-15-7)16-11(12,13)14/h2-6H,1H3. The van der Waals surface area contributed by atoms with Gasteiger partial charge in [0.15, 0.2) is 0 Å². The number of benzene rings is 1. The minimum Gasteiger partial charge on any atom is -0.405 e. The van der Waals surface area contributed by atoms with Gasteiger partial charge in [0.2, 0.25) is 0 Å². The van der Waals surface area contributed by atoms with E-state index in [9.17, 15) is 13.2 Å². The van der Waals surface area contributed by atoms with Gasteiger partial charge in [-0.15, -0.1) is 13.2 Å². The third-order valence-electron chi connectivity index (χ3n) is 2.09. The van der Waals surface area contributed by atoms with E-state index in [4.69, 9.17) is 0 Å². The van der Waals surface area contributed by atoms with Gasteiger partial charge < -0.3 is 4.74 Å². The van der Waals surface area contributed by atoms with Crippen molar-refractivity contribution in [3.63, 3.8) is 0 Å². The van der Waals surface area contributed by atoms with Gasteiger partial charge in [-0.2, -0.15) is 0 Å². The zero-order valence-electron chi connectivity index (χ0n) is 8.38. The molecule has 2 aromatic rings. The van der Waals surface area contributed by atoms with Gasteiger partial charge in [-0.05, 0) is 24.4 Å². The molecule has 0 fully saturated rings. The molecular formula is C11H8F3NO. The highest BCUT2D eigenvalue weighted by Gasteiger charge is 2.31. The van der Waals surface area contributed by atoms with Crippen LogP contribution in [0.15, 0.2) is 30.5 Å². The molecule has 0 aliphatic heterocycles. The highest BCUT2D eigenvalue weighted by molar-refractivity contribution is 5.87. The number of aromatic nitrogens is 1. The van der Waals surface area contributed by atoms with E-state index in [1.807, 2.05) is 0 Å². The summed E-state index contributed by atoms with van der Waals surface area (Å²) in [5, 5.41) is 1.03. The largest absolute Gasteiger partial charge is 0.573 e. The van der Waals surface area contributed by atoms with Crippen molar-refractivity contribution in [3.8, 4) is 5.75 Å². The van der Waals surface area contributed by atoms with Crippen LogP contribution in [-0.2, 0) is 0 Å². The van der Waals surface area contributed by atoms with Crippen molar-refractivity contribution in [2.45, 2.75) is 13.3 Å². The summed E-state index contributed by atoms with van der Waals surface area (Å²) >= 11 is 0. The Labute approximate surface area is 89.7 Å². The molecule has 0 saturated carbocycles. The number of halogens is 3. The minimum absolute atomic E-state index is 0.225. The lowest BCUT2D eigenvalue weighted by Crippen LogP contribution is -2.17. The van der Waals surface area contributed by atoms with Crippen LogP contribution in [-0.4, -0.2) is 11.3 Å². The first-order valence-electron chi connectivity index (χ1n) is 4.57. The summed E-state index contributed by atoms with van der Waals surface area (Å²) in [7, 11) is 0. The van der Waals surface area contributed by atoms with Crippen LogP contribution in [0.5, 0.6) is 5.75 Å². The van der Waals surface area contributed by atoms with Crippen LogP contribution >= 0.6 is 0 Å². The summed E-state index contributed by atoms with van der Waals surface area (Å²) in [6.07, 6.45) is -3.30. The van der Waals surface area contributed by atoms with E-state index in [-0.39, 0.29) is 5.75 Å². The molecule has 0 saturated heterocycles. The Balaban J connectivity index is 2.54. The number of aryl methyl sites for hydroxylation is 1. The Morgan fingerprint density at radius 3 is 2.69 bits per heavy atom. The molecule has 5 heteroatoms. The van der Waals surface area contributed by atoms with Crippen molar-refractivity contribution >= 4 is 10.8 Å². The quantitative estimate of drug-likeness (QED) is 0.744. The van der Waals surface area contributed by atoms with Gasteiger partial charge >= 0.3 is 6.36 Å². The van der Waals surface area contributed by atoms with Crippen molar-refractivity contribution in [3.05, 3.63) is 36.2 Å². The summed E-state index contributed by atoms with van der Waals surface area (Å²) in [6, 6.07) is 6.21. The van der Waals surface area contributed by atoms with Crippen molar-refractivity contribution in [1.82, 2.24) is 4.98 Å². The maximum absolute atomic E-state index is 12.1. The molecule has 0 aliphatic rings. The second-order valence-corrected chi connectivity index (χ2v) is 3.35. The van der Waals surface area contributed by atoms with Crippen LogP contribution < -0.4 is 4.74 Å². The number of fused-ring (bicyclic) bond motifs is 1. The number of ether oxygens (including phenoxy) is 1. The lowest BCUT2D eigenvalue weighted by molar-refractivity contribution is -0.274. The Kier molecular flexibility index (Phi) is 2.46. The summed E-state index contributed by atoms with van der Waals surface area (Å²) in [5.74, 6) is -0.225. The average Bonchev–Trinajstić information content (AvgIpc) is 2.15. The maximum atomic E-state index is 12.1. The van der Waals surface area contributed by atoms with E-state index < -0.39 is 6.36 Å². The minimum atomic E-state index is -4.68. The zero-order valence-corrected chi connectivity index (χ0v) is 8.38. The number of hydrogen-bond donors (Lipinski definition) is 0. The normalized spacial score (nSPS) is 11.8. The first-order valence-corrected chi connectivity index (χ1v) is 4.57. The van der Waals surface area contributed by atoms with Gasteiger partial charge in [0.1, 0.15) is 5.75 Å². The van der Waals surface area contributed by atoms with Gasteiger partial charge in [-0.3, -0.25) is 4.98 Å². The van der Waals surface area contributed by atoms with E-state index >= 15 is 0 Å². The fourth-order valence-electron chi connectivity index (χ4n) is 1.47. The summed E-state index contributed by atoms with van der Waals surface area (Å²) in [4.78, 5) is 3.95. The predicted octanol–water partition coefficient (Wildman–Crippen LogP) is 3.44. The SMILES string of the molecule is Cc1cc2cccc(OC(F)(F)F)c2cn1. The second kappa shape index (κ2) is 3.66. The van der Waals surface area contributed by atoms with Crippen LogP contribution in [0.3, 0.4) is 0 Å². The molecule has 2 nitrogen and oxygen atoms in total. The van der Waals surface area contributed by atoms with E-state index in [1.54, 1.807) is 19.1 Å². The molecule has 0 unspecified atom stereocenters. The lowest BCUT2D eigenvalue weighted by atomic mass is 10.1. The number of nitrogens with zero attached hydrogens (tertiary/aromatic N) is 1. The lowest BCUT2D eigenvalue weighted by Gasteiger charge is -2.11. The molecule has 16 heavy (non-hydrogen) atoms. The molecule has 84 valence electrons. The monoisotopic (exact) mass is 227 g/mol. The fraction of sp³-hybridized carbons (Fsp3) is 0.182. The molecule has 0 aliphatic carbocycles. The van der Waals surface area contributed by atoms with Crippen LogP contribution in [0.2, 0.25) is 0 Å². The second-order valence-electron chi connectivity index (χ2n) is 3.35. The van der Waals surface area contributed by atoms with Crippen LogP contribution in [0.25, 0.3) is 10.8 Å². The van der Waals surface area contributed by atoms with Gasteiger partial charge in [-0.25, -0.2) is 0 Å². The summed E-state index contributed by atoms with van der Waals surface area (Å²) in [6.45, 7) is 1.77. The van der Waals surface area contributed by atoms with Gasteiger partial charge in [0, 0.05) is 17.3 Å². The van der Waals surface area contributed by atoms with E-state index in [1.165, 1.54) is 18.3 Å². The molecule has 1 aromatic carbocycles. The molecular weight excluding hydrogens is 219 g/mol. The summed E-state index contributed by atoms with van der Waals surface area (Å²) < 4.78 is 40.2. The van der Waals surface area contributed by atoms with E-state index in [0.717, 1.165) is 5.69 Å². The Hall–Kier alpha value is -1.78. The van der Waals surface area contributed by atoms with Crippen LogP contribution in [0, 0.1) is 6.92 Å². The van der Waals surface area contributed by atoms with E-state index in [0.29, 0.717) is 10.8 Å². The average molecular weight is 227 g/mol. The Morgan fingerprint density at radius 1 is 1.25 bits per heavy atom. The highest BCUT2D eigenvalue weighted by Crippen LogP contribution is 2.30.